The number of nitrogens with one attached hydrogen (secondary N) is 2. The molecular formula is C17H21IN4O3. The van der Waals surface area contributed by atoms with Gasteiger partial charge >= 0.3 is 6.09 Å². The number of benzene rings is 1. The normalized spacial score (nSPS) is 18.7. The first kappa shape index (κ1) is 18.0. The van der Waals surface area contributed by atoms with Crippen LogP contribution >= 0.6 is 22.6 Å². The first-order valence-electron chi connectivity index (χ1n) is 8.32. The lowest BCUT2D eigenvalue weighted by Gasteiger charge is -2.29. The number of fused-ring (bicyclic) bond motifs is 1. The van der Waals surface area contributed by atoms with E-state index >= 15 is 0 Å². The quantitative estimate of drug-likeness (QED) is 0.616. The van der Waals surface area contributed by atoms with Crippen LogP contribution in [0, 0.1) is 9.49 Å². The third-order valence-electron chi connectivity index (χ3n) is 4.53. The minimum absolute atomic E-state index is 0.123. The molecule has 1 aliphatic rings. The summed E-state index contributed by atoms with van der Waals surface area (Å²) < 4.78 is 1.12. The molecule has 2 aromatic rings. The Kier molecular flexibility index (Phi) is 5.16. The van der Waals surface area contributed by atoms with Gasteiger partial charge in [-0.2, -0.15) is 0 Å². The fraction of sp³-hybridized carbons (Fsp3) is 0.471. The van der Waals surface area contributed by atoms with Gasteiger partial charge in [0, 0.05) is 10.1 Å². The summed E-state index contributed by atoms with van der Waals surface area (Å²) >= 11 is 2.25. The molecule has 8 heteroatoms. The van der Waals surface area contributed by atoms with Crippen LogP contribution < -0.4 is 5.32 Å². The number of carbonyl (C=O) groups excluding carboxylic acids is 1. The zero-order valence-corrected chi connectivity index (χ0v) is 16.3. The predicted octanol–water partition coefficient (Wildman–Crippen LogP) is 3.12. The van der Waals surface area contributed by atoms with Crippen LogP contribution in [0.5, 0.6) is 0 Å². The number of carbonyl (C=O) groups is 2. The molecular weight excluding hydrogens is 435 g/mol. The van der Waals surface area contributed by atoms with Crippen LogP contribution in [0.1, 0.15) is 38.6 Å². The number of imidazole rings is 1. The average Bonchev–Trinajstić information content (AvgIpc) is 3.17. The average molecular weight is 456 g/mol. The van der Waals surface area contributed by atoms with Crippen LogP contribution in [-0.2, 0) is 4.79 Å². The number of likely N-dealkylation sites (tertiary alicyclic amines) is 1. The van der Waals surface area contributed by atoms with E-state index in [-0.39, 0.29) is 17.9 Å². The van der Waals surface area contributed by atoms with Gasteiger partial charge in [0.2, 0.25) is 5.91 Å². The summed E-state index contributed by atoms with van der Waals surface area (Å²) in [5, 5.41) is 11.4. The Hall–Kier alpha value is -1.84. The number of hydrogen-bond donors (Lipinski definition) is 3. The maximum Gasteiger partial charge on any atom is 0.405 e. The summed E-state index contributed by atoms with van der Waals surface area (Å²) in [6.45, 7) is 4.29. The van der Waals surface area contributed by atoms with E-state index in [1.807, 2.05) is 32.0 Å². The van der Waals surface area contributed by atoms with Crippen molar-refractivity contribution in [2.45, 2.75) is 38.8 Å². The number of halogens is 1. The van der Waals surface area contributed by atoms with E-state index in [1.54, 1.807) is 4.90 Å². The smallest absolute Gasteiger partial charge is 0.405 e. The van der Waals surface area contributed by atoms with Crippen molar-refractivity contribution in [1.29, 1.82) is 0 Å². The number of amides is 2. The molecule has 1 aromatic heterocycles. The molecule has 0 spiro atoms. The topological polar surface area (TPSA) is 98.3 Å². The lowest BCUT2D eigenvalue weighted by molar-refractivity contribution is -0.135. The van der Waals surface area contributed by atoms with Crippen molar-refractivity contribution in [3.8, 4) is 0 Å². The molecule has 25 heavy (non-hydrogen) atoms. The monoisotopic (exact) mass is 456 g/mol. The maximum atomic E-state index is 12.9. The highest BCUT2D eigenvalue weighted by Gasteiger charge is 2.37. The van der Waals surface area contributed by atoms with Crippen LogP contribution in [0.15, 0.2) is 18.2 Å². The van der Waals surface area contributed by atoms with Crippen LogP contribution in [-0.4, -0.2) is 44.6 Å². The van der Waals surface area contributed by atoms with Crippen LogP contribution in [0.4, 0.5) is 4.79 Å². The SMILES string of the molecule is CC(C)[C@H](NC(=O)O)C(=O)N1CCC[C@H]1c1nc2ccc(I)cc2[nH]1. The maximum absolute atomic E-state index is 12.9. The molecule has 2 amide bonds. The Labute approximate surface area is 159 Å². The third kappa shape index (κ3) is 3.73. The summed E-state index contributed by atoms with van der Waals surface area (Å²) in [6, 6.07) is 5.09. The van der Waals surface area contributed by atoms with Crippen molar-refractivity contribution >= 4 is 45.6 Å². The van der Waals surface area contributed by atoms with E-state index in [9.17, 15) is 9.59 Å². The molecule has 3 N–H and O–H groups in total. The van der Waals surface area contributed by atoms with Gasteiger partial charge in [0.25, 0.3) is 0 Å². The van der Waals surface area contributed by atoms with Crippen LogP contribution in [0.2, 0.25) is 0 Å². The van der Waals surface area contributed by atoms with Gasteiger partial charge in [-0.1, -0.05) is 13.8 Å². The zero-order chi connectivity index (χ0) is 18.1. The third-order valence-corrected chi connectivity index (χ3v) is 5.20. The van der Waals surface area contributed by atoms with E-state index < -0.39 is 12.1 Å². The number of hydrogen-bond acceptors (Lipinski definition) is 3. The number of rotatable bonds is 4. The van der Waals surface area contributed by atoms with Crippen molar-refractivity contribution in [2.75, 3.05) is 6.54 Å². The number of carboxylic acid groups (broad SMARTS) is 1. The van der Waals surface area contributed by atoms with Crippen LogP contribution in [0.25, 0.3) is 11.0 Å². The van der Waals surface area contributed by atoms with E-state index in [0.29, 0.717) is 6.54 Å². The Morgan fingerprint density at radius 1 is 1.44 bits per heavy atom. The van der Waals surface area contributed by atoms with Gasteiger partial charge in [-0.25, -0.2) is 9.78 Å². The molecule has 2 atom stereocenters. The van der Waals surface area contributed by atoms with E-state index in [2.05, 4.69) is 37.9 Å². The standard InChI is InChI=1S/C17H21IN4O3/c1-9(2)14(21-17(24)25)16(23)22-7-3-4-13(22)15-19-11-6-5-10(18)8-12(11)20-15/h5-6,8-9,13-14,21H,3-4,7H2,1-2H3,(H,19,20)(H,24,25)/t13-,14-/m0/s1. The summed E-state index contributed by atoms with van der Waals surface area (Å²) in [6.07, 6.45) is 0.518. The van der Waals surface area contributed by atoms with Crippen molar-refractivity contribution in [3.63, 3.8) is 0 Å². The second kappa shape index (κ2) is 7.19. The Morgan fingerprint density at radius 2 is 2.20 bits per heavy atom. The highest BCUT2D eigenvalue weighted by Crippen LogP contribution is 2.32. The summed E-state index contributed by atoms with van der Waals surface area (Å²) in [7, 11) is 0. The zero-order valence-electron chi connectivity index (χ0n) is 14.1. The molecule has 1 aliphatic heterocycles. The minimum Gasteiger partial charge on any atom is -0.465 e. The van der Waals surface area contributed by atoms with E-state index in [4.69, 9.17) is 5.11 Å². The molecule has 0 aliphatic carbocycles. The van der Waals surface area contributed by atoms with Crippen molar-refractivity contribution in [1.82, 2.24) is 20.2 Å². The van der Waals surface area contributed by atoms with Gasteiger partial charge in [0.1, 0.15) is 11.9 Å². The van der Waals surface area contributed by atoms with Crippen molar-refractivity contribution in [3.05, 3.63) is 27.6 Å². The van der Waals surface area contributed by atoms with Crippen molar-refractivity contribution in [2.24, 2.45) is 5.92 Å². The highest BCUT2D eigenvalue weighted by molar-refractivity contribution is 14.1. The molecule has 134 valence electrons. The van der Waals surface area contributed by atoms with E-state index in [0.717, 1.165) is 33.3 Å². The molecule has 1 saturated heterocycles. The molecule has 1 fully saturated rings. The van der Waals surface area contributed by atoms with Gasteiger partial charge in [0.05, 0.1) is 17.1 Å². The Morgan fingerprint density at radius 3 is 2.88 bits per heavy atom. The van der Waals surface area contributed by atoms with Gasteiger partial charge in [-0.15, -0.1) is 0 Å². The first-order chi connectivity index (χ1) is 11.9. The molecule has 2 heterocycles. The fourth-order valence-corrected chi connectivity index (χ4v) is 3.79. The molecule has 3 rings (SSSR count). The molecule has 0 saturated carbocycles. The summed E-state index contributed by atoms with van der Waals surface area (Å²) in [5.41, 5.74) is 1.82. The van der Waals surface area contributed by atoms with Crippen LogP contribution in [0.3, 0.4) is 0 Å². The van der Waals surface area contributed by atoms with Gasteiger partial charge < -0.3 is 20.3 Å². The Bertz CT molecular complexity index is 804. The summed E-state index contributed by atoms with van der Waals surface area (Å²) in [4.78, 5) is 33.7. The molecule has 0 radical (unpaired) electrons. The number of aromatic amines is 1. The van der Waals surface area contributed by atoms with Gasteiger partial charge in [-0.3, -0.25) is 4.79 Å². The lowest BCUT2D eigenvalue weighted by Crippen LogP contribution is -2.50. The first-order valence-corrected chi connectivity index (χ1v) is 9.40. The summed E-state index contributed by atoms with van der Waals surface area (Å²) in [5.74, 6) is 0.456. The van der Waals surface area contributed by atoms with Crippen molar-refractivity contribution < 1.29 is 14.7 Å². The fourth-order valence-electron chi connectivity index (χ4n) is 3.30. The molecule has 0 unspecified atom stereocenters. The van der Waals surface area contributed by atoms with E-state index in [1.165, 1.54) is 0 Å². The van der Waals surface area contributed by atoms with Gasteiger partial charge in [0.15, 0.2) is 0 Å². The number of nitrogens with zero attached hydrogens (tertiary/aromatic N) is 2. The highest BCUT2D eigenvalue weighted by atomic mass is 127. The Balaban J connectivity index is 1.87. The molecule has 1 aromatic carbocycles. The predicted molar refractivity (Wildman–Crippen MR) is 102 cm³/mol. The van der Waals surface area contributed by atoms with Gasteiger partial charge in [-0.05, 0) is 59.5 Å². The number of H-pyrrole nitrogens is 1. The minimum atomic E-state index is -1.18. The molecule has 7 nitrogen and oxygen atoms in total. The largest absolute Gasteiger partial charge is 0.465 e. The molecule has 0 bridgehead atoms. The second-order valence-corrected chi connectivity index (χ2v) is 7.89. The lowest BCUT2D eigenvalue weighted by atomic mass is 10.0. The number of aromatic nitrogens is 2. The second-order valence-electron chi connectivity index (χ2n) is 6.64.